The molecule has 1 aromatic carbocycles. The summed E-state index contributed by atoms with van der Waals surface area (Å²) in [6.07, 6.45) is 2.48. The summed E-state index contributed by atoms with van der Waals surface area (Å²) in [5.74, 6) is -0.122. The third kappa shape index (κ3) is 3.87. The Morgan fingerprint density at radius 1 is 1.53 bits per heavy atom. The van der Waals surface area contributed by atoms with Crippen molar-refractivity contribution >= 4 is 12.0 Å². The highest BCUT2D eigenvalue weighted by Crippen LogP contribution is 2.28. The Bertz CT molecular complexity index is 474. The first kappa shape index (κ1) is 12.6. The van der Waals surface area contributed by atoms with Crippen LogP contribution in [0.25, 0.3) is 6.08 Å². The number of hydrogen-bond donors (Lipinski definition) is 1. The Balaban J connectivity index is 2.92. The van der Waals surface area contributed by atoms with Crippen molar-refractivity contribution in [1.29, 1.82) is 5.26 Å². The first-order valence-corrected chi connectivity index (χ1v) is 4.76. The molecule has 17 heavy (non-hydrogen) atoms. The molecule has 88 valence electrons. The predicted octanol–water partition coefficient (Wildman–Crippen LogP) is 1.70. The number of carbonyl (C=O) groups is 1. The van der Waals surface area contributed by atoms with Gasteiger partial charge in [-0.25, -0.2) is 4.79 Å². The van der Waals surface area contributed by atoms with Crippen molar-refractivity contribution in [3.63, 3.8) is 0 Å². The van der Waals surface area contributed by atoms with Crippen LogP contribution < -0.4 is 9.47 Å². The van der Waals surface area contributed by atoms with Crippen LogP contribution in [-0.4, -0.2) is 24.8 Å². The SMILES string of the molecule is COc1cc(C=CC(=O)O)ccc1OCC#N. The van der Waals surface area contributed by atoms with Gasteiger partial charge in [-0.15, -0.1) is 0 Å². The van der Waals surface area contributed by atoms with Gasteiger partial charge in [-0.3, -0.25) is 0 Å². The third-order valence-electron chi connectivity index (χ3n) is 1.90. The van der Waals surface area contributed by atoms with Crippen molar-refractivity contribution in [1.82, 2.24) is 0 Å². The summed E-state index contributed by atoms with van der Waals surface area (Å²) in [4.78, 5) is 10.4. The fourth-order valence-electron chi connectivity index (χ4n) is 1.18. The van der Waals surface area contributed by atoms with E-state index in [0.29, 0.717) is 17.1 Å². The number of carboxylic acid groups (broad SMARTS) is 1. The van der Waals surface area contributed by atoms with Crippen molar-refractivity contribution in [2.24, 2.45) is 0 Å². The summed E-state index contributed by atoms with van der Waals surface area (Å²) in [6, 6.07) is 6.78. The fourth-order valence-corrected chi connectivity index (χ4v) is 1.18. The van der Waals surface area contributed by atoms with Crippen molar-refractivity contribution in [2.75, 3.05) is 13.7 Å². The molecule has 0 heterocycles. The zero-order chi connectivity index (χ0) is 12.7. The van der Waals surface area contributed by atoms with Crippen LogP contribution in [0.3, 0.4) is 0 Å². The molecule has 1 aromatic rings. The highest BCUT2D eigenvalue weighted by molar-refractivity contribution is 5.85. The smallest absolute Gasteiger partial charge is 0.328 e. The molecule has 0 saturated heterocycles. The first-order chi connectivity index (χ1) is 8.17. The number of hydrogen-bond acceptors (Lipinski definition) is 4. The van der Waals surface area contributed by atoms with Crippen LogP contribution in [0.5, 0.6) is 11.5 Å². The number of nitrogens with zero attached hydrogens (tertiary/aromatic N) is 1. The van der Waals surface area contributed by atoms with E-state index in [1.807, 2.05) is 6.07 Å². The molecule has 5 nitrogen and oxygen atoms in total. The topological polar surface area (TPSA) is 79.6 Å². The van der Waals surface area contributed by atoms with Gasteiger partial charge in [0, 0.05) is 6.08 Å². The van der Waals surface area contributed by atoms with Gasteiger partial charge in [0.05, 0.1) is 7.11 Å². The van der Waals surface area contributed by atoms with E-state index >= 15 is 0 Å². The highest BCUT2D eigenvalue weighted by atomic mass is 16.5. The normalized spacial score (nSPS) is 9.88. The van der Waals surface area contributed by atoms with Crippen LogP contribution in [-0.2, 0) is 4.79 Å². The molecule has 0 unspecified atom stereocenters. The lowest BCUT2D eigenvalue weighted by atomic mass is 10.2. The summed E-state index contributed by atoms with van der Waals surface area (Å²) in [6.45, 7) is -0.0688. The number of methoxy groups -OCH3 is 1. The quantitative estimate of drug-likeness (QED) is 0.783. The summed E-state index contributed by atoms with van der Waals surface area (Å²) < 4.78 is 10.2. The molecule has 0 spiro atoms. The lowest BCUT2D eigenvalue weighted by Crippen LogP contribution is -1.96. The van der Waals surface area contributed by atoms with Crippen molar-refractivity contribution in [3.05, 3.63) is 29.8 Å². The van der Waals surface area contributed by atoms with Gasteiger partial charge in [0.25, 0.3) is 0 Å². The highest BCUT2D eigenvalue weighted by Gasteiger charge is 2.04. The molecule has 1 N–H and O–H groups in total. The molecule has 1 rings (SSSR count). The Hall–Kier alpha value is -2.48. The zero-order valence-corrected chi connectivity index (χ0v) is 9.21. The average molecular weight is 233 g/mol. The fraction of sp³-hybridized carbons (Fsp3) is 0.167. The maximum absolute atomic E-state index is 10.4. The molecule has 0 aliphatic carbocycles. The van der Waals surface area contributed by atoms with Gasteiger partial charge in [-0.1, -0.05) is 6.07 Å². The molecule has 0 saturated carbocycles. The van der Waals surface area contributed by atoms with Crippen LogP contribution in [0.2, 0.25) is 0 Å². The van der Waals surface area contributed by atoms with Gasteiger partial charge < -0.3 is 14.6 Å². The Labute approximate surface area is 98.5 Å². The first-order valence-electron chi connectivity index (χ1n) is 4.76. The monoisotopic (exact) mass is 233 g/mol. The molecular weight excluding hydrogens is 222 g/mol. The van der Waals surface area contributed by atoms with E-state index in [1.54, 1.807) is 18.2 Å². The van der Waals surface area contributed by atoms with E-state index in [4.69, 9.17) is 19.8 Å². The van der Waals surface area contributed by atoms with Crippen molar-refractivity contribution in [3.8, 4) is 17.6 Å². The molecule has 5 heteroatoms. The number of benzene rings is 1. The third-order valence-corrected chi connectivity index (χ3v) is 1.90. The van der Waals surface area contributed by atoms with Crippen LogP contribution in [0.1, 0.15) is 5.56 Å². The van der Waals surface area contributed by atoms with E-state index in [-0.39, 0.29) is 6.61 Å². The van der Waals surface area contributed by atoms with Crippen LogP contribution in [0.15, 0.2) is 24.3 Å². The maximum Gasteiger partial charge on any atom is 0.328 e. The molecule has 0 fully saturated rings. The second kappa shape index (κ2) is 6.18. The summed E-state index contributed by atoms with van der Waals surface area (Å²) >= 11 is 0. The number of rotatable bonds is 5. The molecule has 0 aromatic heterocycles. The second-order valence-electron chi connectivity index (χ2n) is 3.03. The lowest BCUT2D eigenvalue weighted by molar-refractivity contribution is -0.131. The Morgan fingerprint density at radius 3 is 2.88 bits per heavy atom. The van der Waals surface area contributed by atoms with Gasteiger partial charge in [-0.2, -0.15) is 5.26 Å². The molecule has 0 radical (unpaired) electrons. The minimum absolute atomic E-state index is 0.0688. The number of ether oxygens (including phenoxy) is 2. The minimum Gasteiger partial charge on any atom is -0.493 e. The van der Waals surface area contributed by atoms with Crippen LogP contribution in [0, 0.1) is 11.3 Å². The Morgan fingerprint density at radius 2 is 2.29 bits per heavy atom. The maximum atomic E-state index is 10.4. The number of nitriles is 1. The van der Waals surface area contributed by atoms with Gasteiger partial charge >= 0.3 is 5.97 Å². The summed E-state index contributed by atoms with van der Waals surface area (Å²) in [5, 5.41) is 16.9. The lowest BCUT2D eigenvalue weighted by Gasteiger charge is -2.08. The van der Waals surface area contributed by atoms with E-state index in [9.17, 15) is 4.79 Å². The molecule has 0 amide bonds. The minimum atomic E-state index is -1.02. The van der Waals surface area contributed by atoms with Crippen LogP contribution in [0.4, 0.5) is 0 Å². The standard InChI is InChI=1S/C12H11NO4/c1-16-11-8-9(3-5-12(14)15)2-4-10(11)17-7-6-13/h2-5,8H,7H2,1H3,(H,14,15). The molecule has 0 atom stereocenters. The van der Waals surface area contributed by atoms with Crippen molar-refractivity contribution < 1.29 is 19.4 Å². The molecule has 0 bridgehead atoms. The number of carboxylic acids is 1. The largest absolute Gasteiger partial charge is 0.493 e. The van der Waals surface area contributed by atoms with Gasteiger partial charge in [0.2, 0.25) is 0 Å². The van der Waals surface area contributed by atoms with E-state index < -0.39 is 5.97 Å². The van der Waals surface area contributed by atoms with Crippen LogP contribution >= 0.6 is 0 Å². The average Bonchev–Trinajstić information content (AvgIpc) is 2.34. The Kier molecular flexibility index (Phi) is 4.58. The number of aliphatic carboxylic acids is 1. The predicted molar refractivity (Wildman–Crippen MR) is 60.8 cm³/mol. The van der Waals surface area contributed by atoms with Crippen molar-refractivity contribution in [2.45, 2.75) is 0 Å². The van der Waals surface area contributed by atoms with E-state index in [0.717, 1.165) is 6.08 Å². The second-order valence-corrected chi connectivity index (χ2v) is 3.03. The van der Waals surface area contributed by atoms with Gasteiger partial charge in [0.15, 0.2) is 18.1 Å². The van der Waals surface area contributed by atoms with E-state index in [1.165, 1.54) is 13.2 Å². The molecule has 0 aliphatic heterocycles. The van der Waals surface area contributed by atoms with Gasteiger partial charge in [-0.05, 0) is 23.8 Å². The van der Waals surface area contributed by atoms with E-state index in [2.05, 4.69) is 0 Å². The zero-order valence-electron chi connectivity index (χ0n) is 9.21. The van der Waals surface area contributed by atoms with Gasteiger partial charge in [0.1, 0.15) is 6.07 Å². The molecular formula is C12H11NO4. The summed E-state index contributed by atoms with van der Waals surface area (Å²) in [7, 11) is 1.47. The molecule has 0 aliphatic rings. The summed E-state index contributed by atoms with van der Waals surface area (Å²) in [5.41, 5.74) is 0.675.